The molecule has 7 nitrogen and oxygen atoms in total. The molecule has 4 rings (SSSR count). The number of benzene rings is 2. The number of likely N-dealkylation sites (N-methyl/N-ethyl adjacent to an activating group) is 1. The predicted molar refractivity (Wildman–Crippen MR) is 154 cm³/mol. The van der Waals surface area contributed by atoms with Crippen molar-refractivity contribution in [2.75, 3.05) is 70.7 Å². The minimum absolute atomic E-state index is 0.233. The van der Waals surface area contributed by atoms with Crippen molar-refractivity contribution < 1.29 is 27.0 Å². The molecule has 0 amide bonds. The highest BCUT2D eigenvalue weighted by Crippen LogP contribution is 2.31. The highest BCUT2D eigenvalue weighted by atomic mass is 19.4. The molecule has 0 saturated carbocycles. The normalized spacial score (nSPS) is 17.7. The van der Waals surface area contributed by atoms with Crippen LogP contribution in [-0.4, -0.2) is 88.0 Å². The largest absolute Gasteiger partial charge is 0.491 e. The molecule has 0 radical (unpaired) electrons. The minimum Gasteiger partial charge on any atom is -0.491 e. The molecule has 0 spiro atoms. The van der Waals surface area contributed by atoms with Crippen molar-refractivity contribution in [2.45, 2.75) is 31.4 Å². The molecule has 1 aliphatic rings. The molecule has 1 saturated heterocycles. The molecule has 2 atom stereocenters. The second-order valence-corrected chi connectivity index (χ2v) is 10.0. The molecule has 222 valence electrons. The Morgan fingerprint density at radius 3 is 2.61 bits per heavy atom. The predicted octanol–water partition coefficient (Wildman–Crippen LogP) is 4.74. The number of rotatable bonds is 12. The van der Waals surface area contributed by atoms with E-state index in [1.807, 2.05) is 43.3 Å². The van der Waals surface area contributed by atoms with Gasteiger partial charge in [0.25, 0.3) is 0 Å². The van der Waals surface area contributed by atoms with Crippen LogP contribution in [0.1, 0.15) is 12.1 Å². The molecule has 2 unspecified atom stereocenters. The van der Waals surface area contributed by atoms with Gasteiger partial charge in [-0.3, -0.25) is 0 Å². The van der Waals surface area contributed by atoms with Gasteiger partial charge < -0.3 is 34.9 Å². The molecular formula is C30H37F4N5O2. The number of hydrogen-bond donors (Lipinski definition) is 3. The summed E-state index contributed by atoms with van der Waals surface area (Å²) in [4.78, 5) is 1.93. The third kappa shape index (κ3) is 9.01. The van der Waals surface area contributed by atoms with E-state index in [0.29, 0.717) is 55.1 Å². The summed E-state index contributed by atoms with van der Waals surface area (Å²) in [5.41, 5.74) is 2.05. The number of hydrogen-bond acceptors (Lipinski definition) is 6. The maximum atomic E-state index is 14.7. The van der Waals surface area contributed by atoms with E-state index in [1.165, 1.54) is 4.57 Å². The Bertz CT molecular complexity index is 1320. The average Bonchev–Trinajstić information content (AvgIpc) is 3.27. The van der Waals surface area contributed by atoms with Crippen LogP contribution in [-0.2, 0) is 11.3 Å². The van der Waals surface area contributed by atoms with Crippen LogP contribution >= 0.6 is 0 Å². The smallest absolute Gasteiger partial charge is 0.406 e. The molecule has 41 heavy (non-hydrogen) atoms. The van der Waals surface area contributed by atoms with Crippen LogP contribution in [0.15, 0.2) is 48.5 Å². The van der Waals surface area contributed by atoms with Gasteiger partial charge in [0, 0.05) is 36.4 Å². The standard InChI is InChI=1S/C30H37F4N5O2/c1-35-14-16-40-17-18-41-24-10-8-22(9-11-24)36-13-4-5-23-19-25-27(37-28-12-15-38(2)20-26(28)31)6-3-7-29(25)39(23)21-30(32,33)34/h3,6-11,19,26,28,35-37H,12-18,20-21H2,1-2H3. The number of nitrogens with zero attached hydrogens (tertiary/aromatic N) is 2. The summed E-state index contributed by atoms with van der Waals surface area (Å²) >= 11 is 0. The number of piperidine rings is 1. The van der Waals surface area contributed by atoms with Crippen LogP contribution in [0.2, 0.25) is 0 Å². The van der Waals surface area contributed by atoms with Gasteiger partial charge in [0.05, 0.1) is 37.0 Å². The van der Waals surface area contributed by atoms with Crippen molar-refractivity contribution >= 4 is 22.3 Å². The quantitative estimate of drug-likeness (QED) is 0.165. The zero-order valence-electron chi connectivity index (χ0n) is 23.4. The number of aromatic nitrogens is 1. The Balaban J connectivity index is 1.42. The van der Waals surface area contributed by atoms with Crippen molar-refractivity contribution in [2.24, 2.45) is 0 Å². The van der Waals surface area contributed by atoms with Crippen molar-refractivity contribution in [1.82, 2.24) is 14.8 Å². The molecule has 0 aliphatic carbocycles. The van der Waals surface area contributed by atoms with Gasteiger partial charge in [-0.1, -0.05) is 12.0 Å². The summed E-state index contributed by atoms with van der Waals surface area (Å²) in [5.74, 6) is 6.54. The number of anilines is 2. The monoisotopic (exact) mass is 575 g/mol. The lowest BCUT2D eigenvalue weighted by molar-refractivity contribution is -0.140. The van der Waals surface area contributed by atoms with Gasteiger partial charge >= 0.3 is 6.18 Å². The lowest BCUT2D eigenvalue weighted by atomic mass is 10.0. The molecule has 2 aromatic carbocycles. The lowest BCUT2D eigenvalue weighted by Crippen LogP contribution is -2.46. The first-order valence-electron chi connectivity index (χ1n) is 13.7. The number of ether oxygens (including phenoxy) is 2. The topological polar surface area (TPSA) is 62.7 Å². The maximum absolute atomic E-state index is 14.7. The van der Waals surface area contributed by atoms with Crippen molar-refractivity contribution in [3.63, 3.8) is 0 Å². The summed E-state index contributed by atoms with van der Waals surface area (Å²) in [5, 5.41) is 9.99. The van der Waals surface area contributed by atoms with Gasteiger partial charge in [0.2, 0.25) is 0 Å². The van der Waals surface area contributed by atoms with Gasteiger partial charge in [-0.15, -0.1) is 0 Å². The third-order valence-corrected chi connectivity index (χ3v) is 6.81. The Hall–Kier alpha value is -3.46. The van der Waals surface area contributed by atoms with E-state index >= 15 is 0 Å². The first-order chi connectivity index (χ1) is 19.7. The number of halogens is 4. The first kappa shape index (κ1) is 30.5. The van der Waals surface area contributed by atoms with Crippen LogP contribution in [0, 0.1) is 11.8 Å². The molecule has 3 N–H and O–H groups in total. The van der Waals surface area contributed by atoms with Crippen LogP contribution in [0.25, 0.3) is 10.9 Å². The van der Waals surface area contributed by atoms with E-state index in [0.717, 1.165) is 18.8 Å². The van der Waals surface area contributed by atoms with Crippen molar-refractivity contribution in [3.05, 3.63) is 54.2 Å². The number of fused-ring (bicyclic) bond motifs is 1. The summed E-state index contributed by atoms with van der Waals surface area (Å²) < 4.78 is 67.4. The van der Waals surface area contributed by atoms with E-state index in [9.17, 15) is 17.6 Å². The SMILES string of the molecule is CNCCOCCOc1ccc(NCC#Cc2cc3c(NC4CCN(C)CC4F)cccc3n2CC(F)(F)F)cc1. The molecular weight excluding hydrogens is 538 g/mol. The fourth-order valence-electron chi connectivity index (χ4n) is 4.73. The molecule has 1 aromatic heterocycles. The maximum Gasteiger partial charge on any atom is 0.406 e. The second kappa shape index (κ2) is 14.4. The minimum atomic E-state index is -4.43. The van der Waals surface area contributed by atoms with E-state index < -0.39 is 24.9 Å². The fourth-order valence-corrected chi connectivity index (χ4v) is 4.73. The van der Waals surface area contributed by atoms with Gasteiger partial charge in [-0.2, -0.15) is 13.2 Å². The van der Waals surface area contributed by atoms with Crippen molar-refractivity contribution in [3.8, 4) is 17.6 Å². The van der Waals surface area contributed by atoms with Crippen LogP contribution < -0.4 is 20.7 Å². The van der Waals surface area contributed by atoms with E-state index in [4.69, 9.17) is 9.47 Å². The fraction of sp³-hybridized carbons (Fsp3) is 0.467. The number of nitrogens with one attached hydrogen (secondary N) is 3. The molecule has 1 aliphatic heterocycles. The average molecular weight is 576 g/mol. The highest BCUT2D eigenvalue weighted by Gasteiger charge is 2.31. The van der Waals surface area contributed by atoms with Crippen molar-refractivity contribution in [1.29, 1.82) is 0 Å². The summed E-state index contributed by atoms with van der Waals surface area (Å²) in [6.45, 7) is 2.47. The van der Waals surface area contributed by atoms with Crippen LogP contribution in [0.5, 0.6) is 5.75 Å². The lowest BCUT2D eigenvalue weighted by Gasteiger charge is -2.33. The number of likely N-dealkylation sites (tertiary alicyclic amines) is 1. The Morgan fingerprint density at radius 2 is 1.88 bits per heavy atom. The molecule has 2 heterocycles. The Labute approximate surface area is 238 Å². The molecule has 0 bridgehead atoms. The summed E-state index contributed by atoms with van der Waals surface area (Å²) in [6.07, 6.45) is -4.90. The molecule has 1 fully saturated rings. The Morgan fingerprint density at radius 1 is 1.07 bits per heavy atom. The van der Waals surface area contributed by atoms with E-state index in [1.54, 1.807) is 24.3 Å². The highest BCUT2D eigenvalue weighted by molar-refractivity contribution is 5.94. The molecule has 3 aromatic rings. The molecule has 11 heteroatoms. The third-order valence-electron chi connectivity index (χ3n) is 6.81. The summed E-state index contributed by atoms with van der Waals surface area (Å²) in [6, 6.07) is 13.7. The first-order valence-corrected chi connectivity index (χ1v) is 13.7. The van der Waals surface area contributed by atoms with Crippen LogP contribution in [0.3, 0.4) is 0 Å². The zero-order valence-corrected chi connectivity index (χ0v) is 23.4. The summed E-state index contributed by atoms with van der Waals surface area (Å²) in [7, 11) is 3.73. The van der Waals surface area contributed by atoms with Gasteiger partial charge in [-0.05, 0) is 68.9 Å². The second-order valence-electron chi connectivity index (χ2n) is 10.0. The zero-order chi connectivity index (χ0) is 29.2. The van der Waals surface area contributed by atoms with E-state index in [2.05, 4.69) is 27.8 Å². The van der Waals surface area contributed by atoms with Gasteiger partial charge in [0.15, 0.2) is 0 Å². The van der Waals surface area contributed by atoms with Gasteiger partial charge in [-0.25, -0.2) is 4.39 Å². The number of alkyl halides is 4. The van der Waals surface area contributed by atoms with E-state index in [-0.39, 0.29) is 12.2 Å². The van der Waals surface area contributed by atoms with Gasteiger partial charge in [0.1, 0.15) is 25.1 Å². The Kier molecular flexibility index (Phi) is 10.7. The van der Waals surface area contributed by atoms with Crippen LogP contribution in [0.4, 0.5) is 28.9 Å².